The van der Waals surface area contributed by atoms with E-state index in [4.69, 9.17) is 10.5 Å². The van der Waals surface area contributed by atoms with Gasteiger partial charge in [-0.15, -0.1) is 0 Å². The number of halogens is 1. The van der Waals surface area contributed by atoms with Gasteiger partial charge in [0.15, 0.2) is 0 Å². The molecule has 3 N–H and O–H groups in total. The van der Waals surface area contributed by atoms with Crippen LogP contribution in [-0.2, 0) is 11.3 Å². The number of nitrogens with two attached hydrogens (primary N) is 1. The lowest BCUT2D eigenvalue weighted by atomic mass is 10.1. The second-order valence-corrected chi connectivity index (χ2v) is 4.45. The number of rotatable bonds is 4. The van der Waals surface area contributed by atoms with Crippen LogP contribution in [0.5, 0.6) is 0 Å². The zero-order chi connectivity index (χ0) is 13.0. The molecule has 98 valence electrons. The third-order valence-electron chi connectivity index (χ3n) is 3.06. The minimum absolute atomic E-state index is 0.133. The van der Waals surface area contributed by atoms with Crippen LogP contribution >= 0.6 is 0 Å². The van der Waals surface area contributed by atoms with Crippen LogP contribution in [0.3, 0.4) is 0 Å². The number of nitrogens with one attached hydrogen (secondary N) is 1. The van der Waals surface area contributed by atoms with Gasteiger partial charge in [-0.1, -0.05) is 6.07 Å². The standard InChI is InChI=1S/C13H17FN2O2/c14-12-6-9(13(15)17)3-4-10(12)8-18-11-2-1-5-16-7-11/h3-4,6,11,16H,1-2,5,7-8H2,(H2,15,17)/t11-/m0/s1. The molecular weight excluding hydrogens is 235 g/mol. The highest BCUT2D eigenvalue weighted by molar-refractivity contribution is 5.92. The second-order valence-electron chi connectivity index (χ2n) is 4.45. The minimum Gasteiger partial charge on any atom is -0.372 e. The van der Waals surface area contributed by atoms with Gasteiger partial charge in [-0.2, -0.15) is 0 Å². The highest BCUT2D eigenvalue weighted by Crippen LogP contribution is 2.14. The van der Waals surface area contributed by atoms with E-state index in [0.717, 1.165) is 32.0 Å². The number of amides is 1. The van der Waals surface area contributed by atoms with Gasteiger partial charge in [0.05, 0.1) is 12.7 Å². The van der Waals surface area contributed by atoms with Gasteiger partial charge in [-0.3, -0.25) is 4.79 Å². The van der Waals surface area contributed by atoms with Crippen molar-refractivity contribution in [2.75, 3.05) is 13.1 Å². The van der Waals surface area contributed by atoms with E-state index < -0.39 is 11.7 Å². The van der Waals surface area contributed by atoms with Crippen molar-refractivity contribution in [3.05, 3.63) is 35.1 Å². The summed E-state index contributed by atoms with van der Waals surface area (Å²) in [5.41, 5.74) is 5.70. The number of ether oxygens (including phenoxy) is 1. The maximum atomic E-state index is 13.7. The molecule has 0 aliphatic carbocycles. The van der Waals surface area contributed by atoms with Crippen molar-refractivity contribution >= 4 is 5.91 Å². The Morgan fingerprint density at radius 2 is 2.39 bits per heavy atom. The fourth-order valence-corrected chi connectivity index (χ4v) is 1.99. The normalized spacial score (nSPS) is 19.7. The maximum Gasteiger partial charge on any atom is 0.248 e. The molecule has 2 rings (SSSR count). The lowest BCUT2D eigenvalue weighted by molar-refractivity contribution is 0.0239. The molecule has 0 aromatic heterocycles. The zero-order valence-electron chi connectivity index (χ0n) is 10.1. The van der Waals surface area contributed by atoms with Crippen molar-refractivity contribution in [1.29, 1.82) is 0 Å². The average molecular weight is 252 g/mol. The van der Waals surface area contributed by atoms with E-state index in [9.17, 15) is 9.18 Å². The van der Waals surface area contributed by atoms with E-state index in [1.807, 2.05) is 0 Å². The first-order valence-electron chi connectivity index (χ1n) is 6.07. The third kappa shape index (κ3) is 3.27. The van der Waals surface area contributed by atoms with Gasteiger partial charge in [0.25, 0.3) is 0 Å². The van der Waals surface area contributed by atoms with Gasteiger partial charge < -0.3 is 15.8 Å². The largest absolute Gasteiger partial charge is 0.372 e. The Morgan fingerprint density at radius 3 is 3.00 bits per heavy atom. The van der Waals surface area contributed by atoms with Crippen LogP contribution in [-0.4, -0.2) is 25.1 Å². The summed E-state index contributed by atoms with van der Waals surface area (Å²) >= 11 is 0. The van der Waals surface area contributed by atoms with Crippen molar-refractivity contribution in [2.45, 2.75) is 25.6 Å². The number of carbonyl (C=O) groups excluding carboxylic acids is 1. The van der Waals surface area contributed by atoms with Crippen LogP contribution in [0.1, 0.15) is 28.8 Å². The molecule has 1 aromatic carbocycles. The minimum atomic E-state index is -0.627. The molecule has 1 amide bonds. The Bertz CT molecular complexity index is 431. The Morgan fingerprint density at radius 1 is 1.56 bits per heavy atom. The van der Waals surface area contributed by atoms with E-state index in [2.05, 4.69) is 5.32 Å². The molecule has 0 radical (unpaired) electrons. The third-order valence-corrected chi connectivity index (χ3v) is 3.06. The van der Waals surface area contributed by atoms with Crippen molar-refractivity contribution in [2.24, 2.45) is 5.73 Å². The summed E-state index contributed by atoms with van der Waals surface area (Å²) < 4.78 is 19.3. The smallest absolute Gasteiger partial charge is 0.248 e. The molecule has 0 spiro atoms. The summed E-state index contributed by atoms with van der Waals surface area (Å²) in [5, 5.41) is 3.23. The Hall–Kier alpha value is -1.46. The number of hydrogen-bond donors (Lipinski definition) is 2. The molecule has 18 heavy (non-hydrogen) atoms. The molecule has 1 aliphatic rings. The average Bonchev–Trinajstić information content (AvgIpc) is 2.38. The summed E-state index contributed by atoms with van der Waals surface area (Å²) in [6, 6.07) is 4.22. The van der Waals surface area contributed by atoms with Gasteiger partial charge in [0, 0.05) is 17.7 Å². The Kier molecular flexibility index (Phi) is 4.28. The summed E-state index contributed by atoms with van der Waals surface area (Å²) in [5.74, 6) is -1.08. The number of primary amides is 1. The molecule has 5 heteroatoms. The summed E-state index contributed by atoms with van der Waals surface area (Å²) in [4.78, 5) is 10.9. The first kappa shape index (κ1) is 13.0. The number of piperidine rings is 1. The molecule has 1 aliphatic heterocycles. The summed E-state index contributed by atoms with van der Waals surface area (Å²) in [7, 11) is 0. The van der Waals surface area contributed by atoms with Crippen LogP contribution in [0.15, 0.2) is 18.2 Å². The maximum absolute atomic E-state index is 13.7. The van der Waals surface area contributed by atoms with Crippen LogP contribution in [0.4, 0.5) is 4.39 Å². The van der Waals surface area contributed by atoms with Gasteiger partial charge in [0.2, 0.25) is 5.91 Å². The highest BCUT2D eigenvalue weighted by Gasteiger charge is 2.14. The molecule has 1 heterocycles. The van der Waals surface area contributed by atoms with Gasteiger partial charge in [-0.25, -0.2) is 4.39 Å². The van der Waals surface area contributed by atoms with E-state index in [1.165, 1.54) is 6.07 Å². The van der Waals surface area contributed by atoms with E-state index in [-0.39, 0.29) is 18.3 Å². The predicted molar refractivity (Wildman–Crippen MR) is 65.6 cm³/mol. The summed E-state index contributed by atoms with van der Waals surface area (Å²) in [6.07, 6.45) is 2.20. The highest BCUT2D eigenvalue weighted by atomic mass is 19.1. The van der Waals surface area contributed by atoms with Gasteiger partial charge in [-0.05, 0) is 31.5 Å². The molecule has 0 saturated carbocycles. The first-order chi connectivity index (χ1) is 8.66. The Labute approximate surface area is 105 Å². The zero-order valence-corrected chi connectivity index (χ0v) is 10.1. The Balaban J connectivity index is 1.94. The molecule has 1 fully saturated rings. The molecule has 1 atom stereocenters. The lowest BCUT2D eigenvalue weighted by Gasteiger charge is -2.23. The van der Waals surface area contributed by atoms with Crippen molar-refractivity contribution in [3.63, 3.8) is 0 Å². The number of carbonyl (C=O) groups is 1. The van der Waals surface area contributed by atoms with Crippen LogP contribution in [0.2, 0.25) is 0 Å². The monoisotopic (exact) mass is 252 g/mol. The van der Waals surface area contributed by atoms with Gasteiger partial charge in [0.1, 0.15) is 5.82 Å². The number of hydrogen-bond acceptors (Lipinski definition) is 3. The second kappa shape index (κ2) is 5.93. The first-order valence-corrected chi connectivity index (χ1v) is 6.07. The SMILES string of the molecule is NC(=O)c1ccc(CO[C@H]2CCCNC2)c(F)c1. The van der Waals surface area contributed by atoms with E-state index in [1.54, 1.807) is 6.07 Å². The molecule has 4 nitrogen and oxygen atoms in total. The molecule has 1 aromatic rings. The molecule has 1 saturated heterocycles. The molecule has 0 bridgehead atoms. The molecular formula is C13H17FN2O2. The van der Waals surface area contributed by atoms with Crippen LogP contribution < -0.4 is 11.1 Å². The van der Waals surface area contributed by atoms with Gasteiger partial charge >= 0.3 is 0 Å². The van der Waals surface area contributed by atoms with E-state index in [0.29, 0.717) is 5.56 Å². The number of benzene rings is 1. The molecule has 0 unspecified atom stereocenters. The van der Waals surface area contributed by atoms with Crippen LogP contribution in [0, 0.1) is 5.82 Å². The van der Waals surface area contributed by atoms with Crippen molar-refractivity contribution in [1.82, 2.24) is 5.32 Å². The van der Waals surface area contributed by atoms with Crippen molar-refractivity contribution in [3.8, 4) is 0 Å². The fourth-order valence-electron chi connectivity index (χ4n) is 1.99. The van der Waals surface area contributed by atoms with Crippen LogP contribution in [0.25, 0.3) is 0 Å². The summed E-state index contributed by atoms with van der Waals surface area (Å²) in [6.45, 7) is 2.04. The topological polar surface area (TPSA) is 64.4 Å². The predicted octanol–water partition coefficient (Wildman–Crippen LogP) is 1.19. The lowest BCUT2D eigenvalue weighted by Crippen LogP contribution is -2.35. The fraction of sp³-hybridized carbons (Fsp3) is 0.462. The van der Waals surface area contributed by atoms with Crippen molar-refractivity contribution < 1.29 is 13.9 Å². The van der Waals surface area contributed by atoms with E-state index >= 15 is 0 Å². The quantitative estimate of drug-likeness (QED) is 0.846.